The lowest BCUT2D eigenvalue weighted by Gasteiger charge is -2.24. The molecule has 1 aromatic carbocycles. The van der Waals surface area contributed by atoms with E-state index in [0.29, 0.717) is 5.75 Å². The van der Waals surface area contributed by atoms with E-state index in [1.165, 1.54) is 33.5 Å². The van der Waals surface area contributed by atoms with Gasteiger partial charge >= 0.3 is 6.18 Å². The van der Waals surface area contributed by atoms with Crippen LogP contribution in [-0.2, 0) is 0 Å². The monoisotopic (exact) mass is 293 g/mol. The Labute approximate surface area is 115 Å². The van der Waals surface area contributed by atoms with Gasteiger partial charge < -0.3 is 19.5 Å². The lowest BCUT2D eigenvalue weighted by atomic mass is 10.0. The van der Waals surface area contributed by atoms with Gasteiger partial charge in [0.05, 0.1) is 21.3 Å². The number of alkyl halides is 3. The fourth-order valence-corrected chi connectivity index (χ4v) is 1.88. The average Bonchev–Trinajstić information content (AvgIpc) is 2.42. The standard InChI is InChI=1S/C13H18F3NO3/c1-5-17-12(13(14,15)16)8-6-10(19-3)11(20-4)7-9(8)18-2/h6-7,12,17H,5H2,1-4H3. The number of hydrogen-bond acceptors (Lipinski definition) is 4. The number of nitrogens with one attached hydrogen (secondary N) is 1. The van der Waals surface area contributed by atoms with Crippen molar-refractivity contribution in [3.05, 3.63) is 17.7 Å². The van der Waals surface area contributed by atoms with Gasteiger partial charge in [0.25, 0.3) is 0 Å². The van der Waals surface area contributed by atoms with Crippen molar-refractivity contribution in [3.63, 3.8) is 0 Å². The SMILES string of the molecule is CCNC(c1cc(OC)c(OC)cc1OC)C(F)(F)F. The Morgan fingerprint density at radius 2 is 1.50 bits per heavy atom. The summed E-state index contributed by atoms with van der Waals surface area (Å²) < 4.78 is 54.5. The molecule has 1 N–H and O–H groups in total. The fraction of sp³-hybridized carbons (Fsp3) is 0.538. The third-order valence-corrected chi connectivity index (χ3v) is 2.78. The first-order chi connectivity index (χ1) is 9.38. The Morgan fingerprint density at radius 3 is 1.90 bits per heavy atom. The van der Waals surface area contributed by atoms with Crippen molar-refractivity contribution in [2.45, 2.75) is 19.1 Å². The molecule has 0 radical (unpaired) electrons. The van der Waals surface area contributed by atoms with Gasteiger partial charge in [0.2, 0.25) is 0 Å². The highest BCUT2D eigenvalue weighted by atomic mass is 19.4. The van der Waals surface area contributed by atoms with Crippen LogP contribution in [0, 0.1) is 0 Å². The summed E-state index contributed by atoms with van der Waals surface area (Å²) in [6, 6.07) is 0.824. The number of rotatable bonds is 6. The Kier molecular flexibility index (Phi) is 5.50. The zero-order valence-corrected chi connectivity index (χ0v) is 11.8. The minimum Gasteiger partial charge on any atom is -0.496 e. The molecule has 0 saturated carbocycles. The molecule has 0 aliphatic carbocycles. The fourth-order valence-electron chi connectivity index (χ4n) is 1.88. The van der Waals surface area contributed by atoms with Crippen molar-refractivity contribution >= 4 is 0 Å². The molecule has 0 aromatic heterocycles. The van der Waals surface area contributed by atoms with E-state index in [-0.39, 0.29) is 23.6 Å². The second-order valence-corrected chi connectivity index (χ2v) is 3.98. The van der Waals surface area contributed by atoms with E-state index >= 15 is 0 Å². The molecule has 1 atom stereocenters. The molecule has 4 nitrogen and oxygen atoms in total. The highest BCUT2D eigenvalue weighted by Gasteiger charge is 2.42. The number of methoxy groups -OCH3 is 3. The molecule has 0 amide bonds. The molecule has 0 spiro atoms. The van der Waals surface area contributed by atoms with Crippen LogP contribution < -0.4 is 19.5 Å². The van der Waals surface area contributed by atoms with Crippen molar-refractivity contribution in [3.8, 4) is 17.2 Å². The molecule has 0 aliphatic rings. The highest BCUT2D eigenvalue weighted by molar-refractivity contribution is 5.52. The van der Waals surface area contributed by atoms with Crippen LogP contribution in [0.2, 0.25) is 0 Å². The summed E-state index contributed by atoms with van der Waals surface area (Å²) in [5, 5.41) is 2.40. The molecule has 7 heteroatoms. The van der Waals surface area contributed by atoms with E-state index in [9.17, 15) is 13.2 Å². The van der Waals surface area contributed by atoms with Gasteiger partial charge in [0.1, 0.15) is 11.8 Å². The van der Waals surface area contributed by atoms with Crippen molar-refractivity contribution < 1.29 is 27.4 Å². The largest absolute Gasteiger partial charge is 0.496 e. The molecular weight excluding hydrogens is 275 g/mol. The van der Waals surface area contributed by atoms with Gasteiger partial charge in [-0.2, -0.15) is 13.2 Å². The topological polar surface area (TPSA) is 39.7 Å². The average molecular weight is 293 g/mol. The predicted octanol–water partition coefficient (Wildman–Crippen LogP) is 2.93. The van der Waals surface area contributed by atoms with E-state index in [0.717, 1.165) is 0 Å². The Morgan fingerprint density at radius 1 is 1.00 bits per heavy atom. The Hall–Kier alpha value is -1.63. The second-order valence-electron chi connectivity index (χ2n) is 3.98. The maximum absolute atomic E-state index is 13.1. The lowest BCUT2D eigenvalue weighted by Crippen LogP contribution is -2.34. The van der Waals surface area contributed by atoms with Crippen LogP contribution in [0.25, 0.3) is 0 Å². The lowest BCUT2D eigenvalue weighted by molar-refractivity contribution is -0.157. The van der Waals surface area contributed by atoms with Crippen LogP contribution in [0.3, 0.4) is 0 Å². The molecule has 0 aliphatic heterocycles. The van der Waals surface area contributed by atoms with E-state index in [2.05, 4.69) is 5.32 Å². The van der Waals surface area contributed by atoms with Crippen LogP contribution in [-0.4, -0.2) is 34.1 Å². The summed E-state index contributed by atoms with van der Waals surface area (Å²) in [6.07, 6.45) is -4.44. The minimum absolute atomic E-state index is 0.0421. The van der Waals surface area contributed by atoms with Gasteiger partial charge in [-0.15, -0.1) is 0 Å². The van der Waals surface area contributed by atoms with Crippen molar-refractivity contribution in [1.29, 1.82) is 0 Å². The summed E-state index contributed by atoms with van der Waals surface area (Å²) in [7, 11) is 4.08. The molecule has 1 rings (SSSR count). The van der Waals surface area contributed by atoms with Crippen LogP contribution in [0.15, 0.2) is 12.1 Å². The molecular formula is C13H18F3NO3. The molecule has 0 heterocycles. The van der Waals surface area contributed by atoms with E-state index < -0.39 is 12.2 Å². The molecule has 114 valence electrons. The predicted molar refractivity (Wildman–Crippen MR) is 68.6 cm³/mol. The van der Waals surface area contributed by atoms with Gasteiger partial charge in [0, 0.05) is 11.6 Å². The first-order valence-corrected chi connectivity index (χ1v) is 5.99. The van der Waals surface area contributed by atoms with E-state index in [4.69, 9.17) is 14.2 Å². The minimum atomic E-state index is -4.44. The van der Waals surface area contributed by atoms with Crippen molar-refractivity contribution in [2.75, 3.05) is 27.9 Å². The molecule has 20 heavy (non-hydrogen) atoms. The van der Waals surface area contributed by atoms with Crippen LogP contribution in [0.5, 0.6) is 17.2 Å². The normalized spacial score (nSPS) is 12.9. The molecule has 1 unspecified atom stereocenters. The third-order valence-electron chi connectivity index (χ3n) is 2.78. The summed E-state index contributed by atoms with van der Waals surface area (Å²) >= 11 is 0. The van der Waals surface area contributed by atoms with Gasteiger partial charge in [-0.25, -0.2) is 0 Å². The second kappa shape index (κ2) is 6.69. The Bertz CT molecular complexity index is 449. The van der Waals surface area contributed by atoms with Gasteiger partial charge in [0.15, 0.2) is 11.5 Å². The molecule has 0 saturated heterocycles. The van der Waals surface area contributed by atoms with Crippen molar-refractivity contribution in [2.24, 2.45) is 0 Å². The molecule has 0 fully saturated rings. The maximum Gasteiger partial charge on any atom is 0.408 e. The summed E-state index contributed by atoms with van der Waals surface area (Å²) in [5.41, 5.74) is -0.0421. The van der Waals surface area contributed by atoms with Crippen LogP contribution in [0.1, 0.15) is 18.5 Å². The molecule has 0 bridgehead atoms. The Balaban J connectivity index is 3.39. The van der Waals surface area contributed by atoms with Crippen LogP contribution in [0.4, 0.5) is 13.2 Å². The van der Waals surface area contributed by atoms with Crippen LogP contribution >= 0.6 is 0 Å². The first kappa shape index (κ1) is 16.4. The quantitative estimate of drug-likeness (QED) is 0.875. The number of halogens is 3. The van der Waals surface area contributed by atoms with Gasteiger partial charge in [-0.3, -0.25) is 0 Å². The number of benzene rings is 1. The number of hydrogen-bond donors (Lipinski definition) is 1. The summed E-state index contributed by atoms with van der Waals surface area (Å²) in [6.45, 7) is 1.77. The summed E-state index contributed by atoms with van der Waals surface area (Å²) in [4.78, 5) is 0. The summed E-state index contributed by atoms with van der Waals surface area (Å²) in [5.74, 6) is 0.618. The third kappa shape index (κ3) is 3.47. The maximum atomic E-state index is 13.1. The van der Waals surface area contributed by atoms with Gasteiger partial charge in [-0.05, 0) is 12.6 Å². The first-order valence-electron chi connectivity index (χ1n) is 5.99. The smallest absolute Gasteiger partial charge is 0.408 e. The van der Waals surface area contributed by atoms with Crippen molar-refractivity contribution in [1.82, 2.24) is 5.32 Å². The van der Waals surface area contributed by atoms with E-state index in [1.807, 2.05) is 0 Å². The number of ether oxygens (including phenoxy) is 3. The van der Waals surface area contributed by atoms with Gasteiger partial charge in [-0.1, -0.05) is 6.92 Å². The zero-order valence-electron chi connectivity index (χ0n) is 11.8. The van der Waals surface area contributed by atoms with E-state index in [1.54, 1.807) is 6.92 Å². The molecule has 1 aromatic rings. The highest BCUT2D eigenvalue weighted by Crippen LogP contribution is 2.42. The zero-order chi connectivity index (χ0) is 15.3.